The van der Waals surface area contributed by atoms with Crippen LogP contribution >= 0.6 is 15.9 Å². The average molecular weight is 428 g/mol. The van der Waals surface area contributed by atoms with Crippen LogP contribution in [0.15, 0.2) is 56.9 Å². The zero-order valence-corrected chi connectivity index (χ0v) is 15.8. The number of hydrogen-bond acceptors (Lipinski definition) is 6. The highest BCUT2D eigenvalue weighted by Gasteiger charge is 2.19. The highest BCUT2D eigenvalue weighted by molar-refractivity contribution is 9.10. The first kappa shape index (κ1) is 19.2. The molecule has 0 radical (unpaired) electrons. The fraction of sp³-hybridized carbons (Fsp3) is 0.133. The molecule has 0 heterocycles. The molecule has 25 heavy (non-hydrogen) atoms. The smallest absolute Gasteiger partial charge is 0.238 e. The summed E-state index contributed by atoms with van der Waals surface area (Å²) >= 11 is 3.26. The predicted molar refractivity (Wildman–Crippen MR) is 99.0 cm³/mol. The molecule has 0 atom stereocenters. The van der Waals surface area contributed by atoms with Gasteiger partial charge >= 0.3 is 0 Å². The first-order valence-electron chi connectivity index (χ1n) is 7.03. The van der Waals surface area contributed by atoms with Crippen molar-refractivity contribution in [1.29, 1.82) is 0 Å². The van der Waals surface area contributed by atoms with Gasteiger partial charge in [-0.3, -0.25) is 0 Å². The zero-order chi connectivity index (χ0) is 18.6. The van der Waals surface area contributed by atoms with Gasteiger partial charge < -0.3 is 10.5 Å². The van der Waals surface area contributed by atoms with Gasteiger partial charge in [-0.25, -0.2) is 24.5 Å². The van der Waals surface area contributed by atoms with E-state index in [1.807, 2.05) is 12.1 Å². The Balaban J connectivity index is 2.28. The molecule has 134 valence electrons. The van der Waals surface area contributed by atoms with Gasteiger partial charge in [-0.1, -0.05) is 18.2 Å². The van der Waals surface area contributed by atoms with Crippen LogP contribution in [0.1, 0.15) is 11.1 Å². The lowest BCUT2D eigenvalue weighted by molar-refractivity contribution is 0.290. The molecule has 2 rings (SSSR count). The fourth-order valence-corrected chi connectivity index (χ4v) is 3.60. The number of methoxy groups -OCH3 is 1. The lowest BCUT2D eigenvalue weighted by atomic mass is 10.2. The average Bonchev–Trinajstić information content (AvgIpc) is 2.54. The van der Waals surface area contributed by atoms with Crippen LogP contribution in [-0.2, 0) is 16.6 Å². The SMILES string of the molecule is COc1ccc(CN(N)/N=C(\N)c2c(Br)cccc2S(N)(=O)=O)cc1. The van der Waals surface area contributed by atoms with Crippen LogP contribution in [0.4, 0.5) is 0 Å². The van der Waals surface area contributed by atoms with Crippen LogP contribution < -0.4 is 21.5 Å². The first-order valence-corrected chi connectivity index (χ1v) is 9.37. The largest absolute Gasteiger partial charge is 0.497 e. The lowest BCUT2D eigenvalue weighted by Crippen LogP contribution is -2.30. The highest BCUT2D eigenvalue weighted by atomic mass is 79.9. The van der Waals surface area contributed by atoms with Crippen molar-refractivity contribution in [2.75, 3.05) is 7.11 Å². The number of hydrogen-bond donors (Lipinski definition) is 3. The Hall–Kier alpha value is -2.14. The Labute approximate surface area is 154 Å². The first-order chi connectivity index (χ1) is 11.7. The molecule has 6 N–H and O–H groups in total. The maximum Gasteiger partial charge on any atom is 0.238 e. The summed E-state index contributed by atoms with van der Waals surface area (Å²) in [5, 5.41) is 10.4. The summed E-state index contributed by atoms with van der Waals surface area (Å²) in [5.74, 6) is 6.51. The van der Waals surface area contributed by atoms with E-state index in [9.17, 15) is 8.42 Å². The molecule has 2 aromatic rings. The normalized spacial score (nSPS) is 12.1. The number of ether oxygens (including phenoxy) is 1. The minimum absolute atomic E-state index is 0.0764. The molecule has 0 saturated carbocycles. The molecule has 0 amide bonds. The molecule has 0 bridgehead atoms. The molecular formula is C15H18BrN5O3S. The number of amidine groups is 1. The third-order valence-corrected chi connectivity index (χ3v) is 4.89. The summed E-state index contributed by atoms with van der Waals surface area (Å²) in [7, 11) is -2.39. The molecule has 0 fully saturated rings. The molecule has 0 saturated heterocycles. The van der Waals surface area contributed by atoms with Gasteiger partial charge in [0.2, 0.25) is 10.0 Å². The van der Waals surface area contributed by atoms with Crippen LogP contribution in [0.2, 0.25) is 0 Å². The molecule has 10 heteroatoms. The minimum Gasteiger partial charge on any atom is -0.497 e. The third-order valence-electron chi connectivity index (χ3n) is 3.28. The zero-order valence-electron chi connectivity index (χ0n) is 13.4. The minimum atomic E-state index is -3.97. The quantitative estimate of drug-likeness (QED) is 0.273. The number of nitrogens with zero attached hydrogens (tertiary/aromatic N) is 2. The number of hydrazone groups is 1. The van der Waals surface area contributed by atoms with E-state index in [-0.39, 0.29) is 22.8 Å². The van der Waals surface area contributed by atoms with Gasteiger partial charge in [-0.15, -0.1) is 5.10 Å². The van der Waals surface area contributed by atoms with Gasteiger partial charge in [-0.05, 0) is 45.8 Å². The van der Waals surface area contributed by atoms with Crippen molar-refractivity contribution in [2.45, 2.75) is 11.4 Å². The second-order valence-corrected chi connectivity index (χ2v) is 7.47. The van der Waals surface area contributed by atoms with E-state index in [0.717, 1.165) is 16.4 Å². The molecule has 0 aliphatic carbocycles. The Bertz CT molecular complexity index is 885. The monoisotopic (exact) mass is 427 g/mol. The molecule has 0 aromatic heterocycles. The van der Waals surface area contributed by atoms with E-state index in [0.29, 0.717) is 4.47 Å². The molecule has 0 spiro atoms. The number of halogens is 1. The summed E-state index contributed by atoms with van der Waals surface area (Å²) in [6.45, 7) is 0.264. The lowest BCUT2D eigenvalue weighted by Gasteiger charge is -2.15. The molecular weight excluding hydrogens is 410 g/mol. The number of rotatable bonds is 6. The highest BCUT2D eigenvalue weighted by Crippen LogP contribution is 2.23. The van der Waals surface area contributed by atoms with Crippen molar-refractivity contribution >= 4 is 31.8 Å². The maximum atomic E-state index is 11.7. The van der Waals surface area contributed by atoms with E-state index < -0.39 is 10.0 Å². The second kappa shape index (κ2) is 7.83. The van der Waals surface area contributed by atoms with Gasteiger partial charge in [0, 0.05) is 4.47 Å². The van der Waals surface area contributed by atoms with Crippen LogP contribution in [0, 0.1) is 0 Å². The van der Waals surface area contributed by atoms with E-state index in [2.05, 4.69) is 21.0 Å². The van der Waals surface area contributed by atoms with E-state index in [1.54, 1.807) is 25.3 Å². The van der Waals surface area contributed by atoms with Crippen LogP contribution in [0.3, 0.4) is 0 Å². The van der Waals surface area contributed by atoms with Crippen LogP contribution in [0.25, 0.3) is 0 Å². The van der Waals surface area contributed by atoms with Crippen molar-refractivity contribution in [3.8, 4) is 5.75 Å². The molecule has 2 aromatic carbocycles. The number of nitrogens with two attached hydrogens (primary N) is 3. The van der Waals surface area contributed by atoms with Gasteiger partial charge in [0.1, 0.15) is 5.75 Å². The predicted octanol–water partition coefficient (Wildman–Crippen LogP) is 1.10. The second-order valence-electron chi connectivity index (χ2n) is 5.09. The summed E-state index contributed by atoms with van der Waals surface area (Å²) in [6.07, 6.45) is 0. The topological polar surface area (TPSA) is 137 Å². The van der Waals surface area contributed by atoms with Gasteiger partial charge in [0.15, 0.2) is 5.84 Å². The summed E-state index contributed by atoms with van der Waals surface area (Å²) in [4.78, 5) is -0.138. The van der Waals surface area contributed by atoms with Crippen LogP contribution in [-0.4, -0.2) is 26.5 Å². The van der Waals surface area contributed by atoms with Crippen molar-refractivity contribution in [1.82, 2.24) is 5.12 Å². The molecule has 8 nitrogen and oxygen atoms in total. The Kier molecular flexibility index (Phi) is 6.01. The summed E-state index contributed by atoms with van der Waals surface area (Å²) in [5.41, 5.74) is 6.99. The van der Waals surface area contributed by atoms with Gasteiger partial charge in [-0.2, -0.15) is 0 Å². The van der Waals surface area contributed by atoms with E-state index in [1.165, 1.54) is 12.1 Å². The van der Waals surface area contributed by atoms with Crippen molar-refractivity contribution < 1.29 is 13.2 Å². The molecule has 0 unspecified atom stereocenters. The van der Waals surface area contributed by atoms with Gasteiger partial charge in [0.25, 0.3) is 0 Å². The van der Waals surface area contributed by atoms with Gasteiger partial charge in [0.05, 0.1) is 24.1 Å². The molecule has 0 aliphatic heterocycles. The number of hydrazine groups is 1. The number of benzene rings is 2. The Morgan fingerprint density at radius 3 is 2.44 bits per heavy atom. The molecule has 0 aliphatic rings. The summed E-state index contributed by atoms with van der Waals surface area (Å²) < 4.78 is 29.0. The van der Waals surface area contributed by atoms with Crippen molar-refractivity contribution in [2.24, 2.45) is 21.8 Å². The van der Waals surface area contributed by atoms with E-state index in [4.69, 9.17) is 21.5 Å². The van der Waals surface area contributed by atoms with Crippen molar-refractivity contribution in [3.05, 3.63) is 58.1 Å². The standard InChI is InChI=1S/C15H18BrN5O3S/c1-24-11-7-5-10(6-8-11)9-21(18)20-15(17)14-12(16)3-2-4-13(14)25(19,22)23/h2-8H,9,18H2,1H3,(H2,17,20)(H2,19,22,23). The Morgan fingerprint density at radius 2 is 1.88 bits per heavy atom. The fourth-order valence-electron chi connectivity index (χ4n) is 2.13. The number of primary sulfonamides is 1. The number of sulfonamides is 1. The Morgan fingerprint density at radius 1 is 1.24 bits per heavy atom. The third kappa shape index (κ3) is 4.92. The van der Waals surface area contributed by atoms with Crippen molar-refractivity contribution in [3.63, 3.8) is 0 Å². The van der Waals surface area contributed by atoms with Crippen LogP contribution in [0.5, 0.6) is 5.75 Å². The maximum absolute atomic E-state index is 11.7. The van der Waals surface area contributed by atoms with E-state index >= 15 is 0 Å². The summed E-state index contributed by atoms with van der Waals surface area (Å²) in [6, 6.07) is 11.8.